The molecule has 0 atom stereocenters. The van der Waals surface area contributed by atoms with Gasteiger partial charge in [-0.25, -0.2) is 9.98 Å². The summed E-state index contributed by atoms with van der Waals surface area (Å²) < 4.78 is 11.4. The van der Waals surface area contributed by atoms with Crippen LogP contribution in [0, 0.1) is 0 Å². The molecule has 0 fully saturated rings. The number of aliphatic imine (C=N–C) groups is 2. The van der Waals surface area contributed by atoms with Gasteiger partial charge >= 0.3 is 0 Å². The van der Waals surface area contributed by atoms with Gasteiger partial charge in [0.05, 0.1) is 41.0 Å². The van der Waals surface area contributed by atoms with Crippen molar-refractivity contribution in [2.24, 2.45) is 9.98 Å². The number of aromatic nitrogens is 2. The number of hydrogen-bond acceptors (Lipinski definition) is 6. The van der Waals surface area contributed by atoms with E-state index >= 15 is 0 Å². The first-order chi connectivity index (χ1) is 25.3. The van der Waals surface area contributed by atoms with Gasteiger partial charge in [0.2, 0.25) is 11.8 Å². The van der Waals surface area contributed by atoms with Crippen LogP contribution in [0.3, 0.4) is 0 Å². The maximum atomic E-state index is 5.74. The minimum Gasteiger partial charge on any atom is -0.475 e. The Bertz CT molecular complexity index is 2470. The van der Waals surface area contributed by atoms with E-state index in [1.165, 1.54) is 38.8 Å². The van der Waals surface area contributed by atoms with Crippen molar-refractivity contribution in [1.82, 2.24) is 9.97 Å². The van der Waals surface area contributed by atoms with Gasteiger partial charge < -0.3 is 9.47 Å². The SMILES string of the molecule is c1ccc(C2(c3ccccc3)c3cc(-c4ccc(C5=NCCO5)cn4)ccc3-c3c2cc(-c2ccc(C4=NCCO4)cn2)c2ccccc32)cc1. The van der Waals surface area contributed by atoms with E-state index in [1.54, 1.807) is 0 Å². The molecule has 6 heteroatoms. The fourth-order valence-corrected chi connectivity index (χ4v) is 8.11. The number of rotatable bonds is 6. The predicted molar refractivity (Wildman–Crippen MR) is 202 cm³/mol. The molecule has 0 spiro atoms. The first-order valence-corrected chi connectivity index (χ1v) is 17.4. The molecule has 0 amide bonds. The van der Waals surface area contributed by atoms with Gasteiger partial charge in [0, 0.05) is 23.5 Å². The molecule has 51 heavy (non-hydrogen) atoms. The van der Waals surface area contributed by atoms with Crippen molar-refractivity contribution in [3.63, 3.8) is 0 Å². The smallest absolute Gasteiger partial charge is 0.217 e. The molecule has 10 rings (SSSR count). The van der Waals surface area contributed by atoms with Gasteiger partial charge in [-0.1, -0.05) is 97.1 Å². The molecule has 7 aromatic rings. The van der Waals surface area contributed by atoms with E-state index in [1.807, 2.05) is 12.4 Å². The van der Waals surface area contributed by atoms with Crippen LogP contribution in [0.15, 0.2) is 156 Å². The highest BCUT2D eigenvalue weighted by molar-refractivity contribution is 6.10. The molecule has 3 aliphatic rings. The average molecular weight is 661 g/mol. The standard InChI is InChI=1S/C45H32N4O2/c1-3-9-32(10-4-1)45(33-11-5-2-6-12-33)38-25-29(40-19-16-30(27-48-40)43-46-21-23-50-43)15-18-36(38)42-35-14-8-7-13-34(35)37(26-39(42)45)41-20-17-31(28-49-41)44-47-22-24-51-44/h1-20,25-28H,21-24H2. The number of benzene rings is 5. The minimum atomic E-state index is -0.610. The molecule has 0 unspecified atom stereocenters. The number of ether oxygens (including phenoxy) is 2. The zero-order chi connectivity index (χ0) is 33.8. The Balaban J connectivity index is 1.24. The van der Waals surface area contributed by atoms with Crippen molar-refractivity contribution in [1.29, 1.82) is 0 Å². The summed E-state index contributed by atoms with van der Waals surface area (Å²) in [6.45, 7) is 2.60. The lowest BCUT2D eigenvalue weighted by Crippen LogP contribution is -2.28. The van der Waals surface area contributed by atoms with Crippen molar-refractivity contribution in [3.05, 3.63) is 179 Å². The number of hydrogen-bond donors (Lipinski definition) is 0. The second-order valence-corrected chi connectivity index (χ2v) is 13.1. The van der Waals surface area contributed by atoms with Crippen molar-refractivity contribution in [2.45, 2.75) is 5.41 Å². The summed E-state index contributed by atoms with van der Waals surface area (Å²) in [5.41, 5.74) is 12.5. The summed E-state index contributed by atoms with van der Waals surface area (Å²) in [6.07, 6.45) is 3.75. The zero-order valence-corrected chi connectivity index (χ0v) is 27.8. The third kappa shape index (κ3) is 4.63. The lowest BCUT2D eigenvalue weighted by Gasteiger charge is -2.34. The molecular weight excluding hydrogens is 629 g/mol. The highest BCUT2D eigenvalue weighted by atomic mass is 16.5. The fraction of sp³-hybridized carbons (Fsp3) is 0.111. The Morgan fingerprint density at radius 2 is 1.04 bits per heavy atom. The van der Waals surface area contributed by atoms with Crippen LogP contribution in [-0.4, -0.2) is 48.1 Å². The van der Waals surface area contributed by atoms with Gasteiger partial charge in [-0.3, -0.25) is 9.97 Å². The van der Waals surface area contributed by atoms with Crippen LogP contribution >= 0.6 is 0 Å². The molecule has 0 saturated carbocycles. The molecular formula is C45H32N4O2. The van der Waals surface area contributed by atoms with Gasteiger partial charge in [-0.15, -0.1) is 0 Å². The second kappa shape index (κ2) is 11.9. The summed E-state index contributed by atoms with van der Waals surface area (Å²) in [5, 5.41) is 2.36. The predicted octanol–water partition coefficient (Wildman–Crippen LogP) is 8.88. The maximum absolute atomic E-state index is 5.74. The topological polar surface area (TPSA) is 69.0 Å². The summed E-state index contributed by atoms with van der Waals surface area (Å²) in [6, 6.07) is 48.1. The monoisotopic (exact) mass is 660 g/mol. The van der Waals surface area contributed by atoms with Crippen LogP contribution in [-0.2, 0) is 14.9 Å². The van der Waals surface area contributed by atoms with Crippen LogP contribution in [0.5, 0.6) is 0 Å². The first kappa shape index (κ1) is 29.5. The highest BCUT2D eigenvalue weighted by Gasteiger charge is 2.47. The van der Waals surface area contributed by atoms with Gasteiger partial charge in [0.25, 0.3) is 0 Å². The Morgan fingerprint density at radius 3 is 1.61 bits per heavy atom. The molecule has 0 radical (unpaired) electrons. The van der Waals surface area contributed by atoms with Crippen LogP contribution in [0.1, 0.15) is 33.4 Å². The van der Waals surface area contributed by atoms with Crippen LogP contribution in [0.25, 0.3) is 44.4 Å². The summed E-state index contributed by atoms with van der Waals surface area (Å²) in [5.74, 6) is 1.33. The second-order valence-electron chi connectivity index (χ2n) is 13.1. The highest BCUT2D eigenvalue weighted by Crippen LogP contribution is 2.59. The third-order valence-corrected chi connectivity index (χ3v) is 10.3. The van der Waals surface area contributed by atoms with Gasteiger partial charge in [0.15, 0.2) is 0 Å². The van der Waals surface area contributed by atoms with Crippen molar-refractivity contribution in [3.8, 4) is 33.6 Å². The molecule has 244 valence electrons. The molecule has 2 aromatic heterocycles. The lowest BCUT2D eigenvalue weighted by atomic mass is 9.67. The largest absolute Gasteiger partial charge is 0.475 e. The Labute approximate surface area is 295 Å². The van der Waals surface area contributed by atoms with Crippen molar-refractivity contribution >= 4 is 22.6 Å². The lowest BCUT2D eigenvalue weighted by molar-refractivity contribution is 0.348. The summed E-state index contributed by atoms with van der Waals surface area (Å²) in [7, 11) is 0. The normalized spacial score (nSPS) is 15.5. The molecule has 4 heterocycles. The van der Waals surface area contributed by atoms with Crippen molar-refractivity contribution in [2.75, 3.05) is 26.3 Å². The number of pyridine rings is 2. The number of fused-ring (bicyclic) bond motifs is 5. The van der Waals surface area contributed by atoms with E-state index in [0.717, 1.165) is 39.0 Å². The molecule has 6 nitrogen and oxygen atoms in total. The number of nitrogens with zero attached hydrogens (tertiary/aromatic N) is 4. The molecule has 0 N–H and O–H groups in total. The van der Waals surface area contributed by atoms with E-state index in [2.05, 4.69) is 143 Å². The Morgan fingerprint density at radius 1 is 0.471 bits per heavy atom. The van der Waals surface area contributed by atoms with Gasteiger partial charge in [0.1, 0.15) is 13.2 Å². The van der Waals surface area contributed by atoms with Crippen LogP contribution in [0.2, 0.25) is 0 Å². The zero-order valence-electron chi connectivity index (χ0n) is 27.8. The van der Waals surface area contributed by atoms with Crippen LogP contribution < -0.4 is 0 Å². The van der Waals surface area contributed by atoms with Crippen molar-refractivity contribution < 1.29 is 9.47 Å². The fourth-order valence-electron chi connectivity index (χ4n) is 8.11. The summed E-state index contributed by atoms with van der Waals surface area (Å²) >= 11 is 0. The Kier molecular flexibility index (Phi) is 6.88. The van der Waals surface area contributed by atoms with Gasteiger partial charge in [-0.2, -0.15) is 0 Å². The van der Waals surface area contributed by atoms with Gasteiger partial charge in [-0.05, 0) is 80.6 Å². The molecule has 1 aliphatic carbocycles. The maximum Gasteiger partial charge on any atom is 0.217 e. The first-order valence-electron chi connectivity index (χ1n) is 17.4. The average Bonchev–Trinajstić information content (AvgIpc) is 4.00. The van der Waals surface area contributed by atoms with Crippen LogP contribution in [0.4, 0.5) is 0 Å². The van der Waals surface area contributed by atoms with E-state index in [4.69, 9.17) is 19.4 Å². The van der Waals surface area contributed by atoms with E-state index in [0.29, 0.717) is 38.1 Å². The van der Waals surface area contributed by atoms with E-state index < -0.39 is 5.41 Å². The summed E-state index contributed by atoms with van der Waals surface area (Å²) in [4.78, 5) is 18.9. The molecule has 0 bridgehead atoms. The molecule has 2 aliphatic heterocycles. The minimum absolute atomic E-state index is 0.610. The quantitative estimate of drug-likeness (QED) is 0.179. The molecule has 0 saturated heterocycles. The molecule has 5 aromatic carbocycles. The van der Waals surface area contributed by atoms with E-state index in [9.17, 15) is 0 Å². The third-order valence-electron chi connectivity index (χ3n) is 10.3. The Hall–Kier alpha value is -6.40. The van der Waals surface area contributed by atoms with E-state index in [-0.39, 0.29) is 0 Å².